The van der Waals surface area contributed by atoms with Gasteiger partial charge in [-0.1, -0.05) is 34.1 Å². The molecule has 0 spiro atoms. The zero-order chi connectivity index (χ0) is 14.6. The van der Waals surface area contributed by atoms with Crippen molar-refractivity contribution in [1.82, 2.24) is 10.2 Å². The molecule has 0 radical (unpaired) electrons. The predicted octanol–water partition coefficient (Wildman–Crippen LogP) is 4.06. The van der Waals surface area contributed by atoms with E-state index >= 15 is 0 Å². The minimum absolute atomic E-state index is 0.500. The average molecular weight is 281 g/mol. The summed E-state index contributed by atoms with van der Waals surface area (Å²) in [5, 5.41) is 3.84. The van der Waals surface area contributed by atoms with Crippen LogP contribution in [0.5, 0.6) is 0 Å². The van der Waals surface area contributed by atoms with E-state index in [2.05, 4.69) is 37.9 Å². The topological polar surface area (TPSA) is 15.3 Å². The molecule has 2 unspecified atom stereocenters. The first-order valence-corrected chi connectivity index (χ1v) is 8.98. The Morgan fingerprint density at radius 3 is 2.35 bits per heavy atom. The molecule has 20 heavy (non-hydrogen) atoms. The molecular formula is C18H36N2. The Labute approximate surface area is 126 Å². The zero-order valence-corrected chi connectivity index (χ0v) is 14.3. The van der Waals surface area contributed by atoms with E-state index in [1.165, 1.54) is 64.6 Å². The lowest BCUT2D eigenvalue weighted by molar-refractivity contribution is 0.213. The second-order valence-corrected chi connectivity index (χ2v) is 8.08. The van der Waals surface area contributed by atoms with Gasteiger partial charge in [0.15, 0.2) is 0 Å². The van der Waals surface area contributed by atoms with Gasteiger partial charge >= 0.3 is 0 Å². The minimum atomic E-state index is 0.500. The fraction of sp³-hybridized carbons (Fsp3) is 1.00. The van der Waals surface area contributed by atoms with Crippen molar-refractivity contribution in [3.63, 3.8) is 0 Å². The lowest BCUT2D eigenvalue weighted by atomic mass is 9.76. The molecule has 0 heterocycles. The number of likely N-dealkylation sites (N-methyl/N-ethyl adjacent to an activating group) is 1. The van der Waals surface area contributed by atoms with Gasteiger partial charge in [-0.3, -0.25) is 4.90 Å². The maximum Gasteiger partial charge on any atom is 0.0110 e. The maximum absolute atomic E-state index is 3.84. The van der Waals surface area contributed by atoms with Crippen LogP contribution >= 0.6 is 0 Å². The SMILES string of the molecule is CCN(CCNC1CCCC(C(C)(C)C)CC1)C1CC1. The molecule has 0 aliphatic heterocycles. The monoisotopic (exact) mass is 280 g/mol. The Morgan fingerprint density at radius 2 is 1.75 bits per heavy atom. The van der Waals surface area contributed by atoms with Gasteiger partial charge in [0.2, 0.25) is 0 Å². The Bertz CT molecular complexity index is 278. The summed E-state index contributed by atoms with van der Waals surface area (Å²) in [5.41, 5.74) is 0.500. The van der Waals surface area contributed by atoms with Crippen molar-refractivity contribution in [2.75, 3.05) is 19.6 Å². The molecule has 1 N–H and O–H groups in total. The summed E-state index contributed by atoms with van der Waals surface area (Å²) in [6.45, 7) is 13.2. The molecule has 2 saturated carbocycles. The minimum Gasteiger partial charge on any atom is -0.313 e. The fourth-order valence-corrected chi connectivity index (χ4v) is 3.82. The number of nitrogens with one attached hydrogen (secondary N) is 1. The van der Waals surface area contributed by atoms with Crippen LogP contribution < -0.4 is 5.32 Å². The number of nitrogens with zero attached hydrogens (tertiary/aromatic N) is 1. The van der Waals surface area contributed by atoms with Crippen molar-refractivity contribution in [3.8, 4) is 0 Å². The summed E-state index contributed by atoms with van der Waals surface area (Å²) in [7, 11) is 0. The molecule has 0 aromatic carbocycles. The van der Waals surface area contributed by atoms with Gasteiger partial charge in [0, 0.05) is 25.2 Å². The van der Waals surface area contributed by atoms with Gasteiger partial charge in [0.25, 0.3) is 0 Å². The zero-order valence-electron chi connectivity index (χ0n) is 14.3. The number of rotatable bonds is 6. The molecular weight excluding hydrogens is 244 g/mol. The van der Waals surface area contributed by atoms with E-state index in [1.54, 1.807) is 0 Å². The lowest BCUT2D eigenvalue weighted by Gasteiger charge is -2.29. The summed E-state index contributed by atoms with van der Waals surface area (Å²) >= 11 is 0. The third-order valence-electron chi connectivity index (χ3n) is 5.49. The van der Waals surface area contributed by atoms with Crippen LogP contribution in [-0.4, -0.2) is 36.6 Å². The molecule has 2 fully saturated rings. The van der Waals surface area contributed by atoms with Gasteiger partial charge in [-0.2, -0.15) is 0 Å². The van der Waals surface area contributed by atoms with E-state index in [0.29, 0.717) is 5.41 Å². The second kappa shape index (κ2) is 7.26. The maximum atomic E-state index is 3.84. The average Bonchev–Trinajstić information content (AvgIpc) is 3.20. The van der Waals surface area contributed by atoms with Crippen LogP contribution in [0, 0.1) is 11.3 Å². The lowest BCUT2D eigenvalue weighted by Crippen LogP contribution is -2.38. The summed E-state index contributed by atoms with van der Waals surface area (Å²) < 4.78 is 0. The molecule has 0 aromatic rings. The van der Waals surface area contributed by atoms with E-state index in [9.17, 15) is 0 Å². The highest BCUT2D eigenvalue weighted by Gasteiger charge is 2.29. The van der Waals surface area contributed by atoms with Crippen molar-refractivity contribution >= 4 is 0 Å². The Morgan fingerprint density at radius 1 is 1.00 bits per heavy atom. The van der Waals surface area contributed by atoms with Crippen molar-refractivity contribution in [2.24, 2.45) is 11.3 Å². The molecule has 2 aliphatic rings. The summed E-state index contributed by atoms with van der Waals surface area (Å²) in [5.74, 6) is 0.924. The smallest absolute Gasteiger partial charge is 0.0110 e. The highest BCUT2D eigenvalue weighted by molar-refractivity contribution is 4.85. The first-order chi connectivity index (χ1) is 9.50. The quantitative estimate of drug-likeness (QED) is 0.738. The molecule has 2 heteroatoms. The van der Waals surface area contributed by atoms with Crippen LogP contribution in [0.1, 0.15) is 72.6 Å². The molecule has 2 atom stereocenters. The largest absolute Gasteiger partial charge is 0.313 e. The van der Waals surface area contributed by atoms with E-state index in [0.717, 1.165) is 18.0 Å². The summed E-state index contributed by atoms with van der Waals surface area (Å²) in [4.78, 5) is 2.65. The highest BCUT2D eigenvalue weighted by atomic mass is 15.2. The fourth-order valence-electron chi connectivity index (χ4n) is 3.82. The van der Waals surface area contributed by atoms with Gasteiger partial charge in [-0.25, -0.2) is 0 Å². The van der Waals surface area contributed by atoms with Crippen LogP contribution in [-0.2, 0) is 0 Å². The van der Waals surface area contributed by atoms with E-state index in [4.69, 9.17) is 0 Å². The standard InChI is InChI=1S/C18H36N2/c1-5-20(17-11-12-17)14-13-19-16-8-6-7-15(9-10-16)18(2,3)4/h15-17,19H,5-14H2,1-4H3. The molecule has 2 aliphatic carbocycles. The summed E-state index contributed by atoms with van der Waals surface area (Å²) in [6.07, 6.45) is 9.92. The van der Waals surface area contributed by atoms with Gasteiger partial charge < -0.3 is 5.32 Å². The molecule has 0 bridgehead atoms. The van der Waals surface area contributed by atoms with Crippen LogP contribution in [0.4, 0.5) is 0 Å². The van der Waals surface area contributed by atoms with Crippen molar-refractivity contribution < 1.29 is 0 Å². The van der Waals surface area contributed by atoms with E-state index in [-0.39, 0.29) is 0 Å². The first kappa shape index (κ1) is 16.3. The third kappa shape index (κ3) is 5.04. The number of hydrogen-bond donors (Lipinski definition) is 1. The Hall–Kier alpha value is -0.0800. The molecule has 0 amide bonds. The second-order valence-electron chi connectivity index (χ2n) is 8.08. The van der Waals surface area contributed by atoms with Gasteiger partial charge in [-0.05, 0) is 56.4 Å². The van der Waals surface area contributed by atoms with Crippen LogP contribution in [0.2, 0.25) is 0 Å². The van der Waals surface area contributed by atoms with Crippen LogP contribution in [0.15, 0.2) is 0 Å². The normalized spacial score (nSPS) is 28.6. The van der Waals surface area contributed by atoms with Crippen LogP contribution in [0.3, 0.4) is 0 Å². The third-order valence-corrected chi connectivity index (χ3v) is 5.49. The molecule has 2 nitrogen and oxygen atoms in total. The van der Waals surface area contributed by atoms with E-state index in [1.807, 2.05) is 0 Å². The summed E-state index contributed by atoms with van der Waals surface area (Å²) in [6, 6.07) is 1.70. The van der Waals surface area contributed by atoms with Crippen molar-refractivity contribution in [3.05, 3.63) is 0 Å². The molecule has 118 valence electrons. The first-order valence-electron chi connectivity index (χ1n) is 8.98. The highest BCUT2D eigenvalue weighted by Crippen LogP contribution is 2.36. The van der Waals surface area contributed by atoms with Gasteiger partial charge in [-0.15, -0.1) is 0 Å². The Kier molecular flexibility index (Phi) is 5.92. The molecule has 2 rings (SSSR count). The molecule has 0 saturated heterocycles. The number of hydrogen-bond acceptors (Lipinski definition) is 2. The predicted molar refractivity (Wildman–Crippen MR) is 88.1 cm³/mol. The Balaban J connectivity index is 1.66. The van der Waals surface area contributed by atoms with Crippen molar-refractivity contribution in [1.29, 1.82) is 0 Å². The van der Waals surface area contributed by atoms with Crippen LogP contribution in [0.25, 0.3) is 0 Å². The molecule has 0 aromatic heterocycles. The van der Waals surface area contributed by atoms with E-state index < -0.39 is 0 Å². The van der Waals surface area contributed by atoms with Gasteiger partial charge in [0.05, 0.1) is 0 Å². The van der Waals surface area contributed by atoms with Gasteiger partial charge in [0.1, 0.15) is 0 Å². The van der Waals surface area contributed by atoms with Crippen molar-refractivity contribution in [2.45, 2.75) is 84.7 Å².